The van der Waals surface area contributed by atoms with Crippen molar-refractivity contribution in [2.45, 2.75) is 83.8 Å². The molecule has 8 heteroatoms. The van der Waals surface area contributed by atoms with Gasteiger partial charge in [0.2, 0.25) is 0 Å². The fourth-order valence-corrected chi connectivity index (χ4v) is 8.54. The maximum Gasteiger partial charge on any atom is 0.114 e. The van der Waals surface area contributed by atoms with Crippen LogP contribution in [0.1, 0.15) is 93.9 Å². The van der Waals surface area contributed by atoms with Crippen molar-refractivity contribution in [1.82, 2.24) is 25.1 Å². The van der Waals surface area contributed by atoms with Gasteiger partial charge in [-0.2, -0.15) is 0 Å². The van der Waals surface area contributed by atoms with Crippen molar-refractivity contribution in [3.05, 3.63) is 57.5 Å². The quantitative estimate of drug-likeness (QED) is 0.202. The zero-order valence-electron chi connectivity index (χ0n) is 27.9. The van der Waals surface area contributed by atoms with Crippen molar-refractivity contribution in [3.8, 4) is 0 Å². The summed E-state index contributed by atoms with van der Waals surface area (Å²) in [4.78, 5) is 19.8. The largest absolute Gasteiger partial charge is 0.310 e. The molecule has 0 radical (unpaired) electrons. The van der Waals surface area contributed by atoms with Crippen LogP contribution in [-0.4, -0.2) is 66.3 Å². The van der Waals surface area contributed by atoms with Gasteiger partial charge in [-0.3, -0.25) is 14.8 Å². The van der Waals surface area contributed by atoms with E-state index in [9.17, 15) is 0 Å². The Kier molecular flexibility index (Phi) is 9.03. The minimum atomic E-state index is -0.116. The Morgan fingerprint density at radius 2 is 1.55 bits per heavy atom. The van der Waals surface area contributed by atoms with E-state index < -0.39 is 0 Å². The maximum absolute atomic E-state index is 5.16. The standard InChI is InChI=1S/C36H50N6S2/c1-23-9-13-27(37-21-23)25-11-16-32-30(19-25)40-34(44-32)36(4,5)42(8)18-17-24-10-14-28(38-22-24)26-12-15-31-29(20-26)39-33(43-31)35(2,3)41(6)7/h11-12,15-16,19-20,23-24,28,38H,9-10,13-14,17-18,21-22H2,1-8H3/t23-,24+,28+/m0/s1. The lowest BCUT2D eigenvalue weighted by atomic mass is 9.88. The minimum Gasteiger partial charge on any atom is -0.310 e. The molecule has 4 aromatic rings. The molecule has 0 saturated carbocycles. The lowest BCUT2D eigenvalue weighted by Gasteiger charge is -2.36. The number of rotatable bonds is 9. The van der Waals surface area contributed by atoms with E-state index in [1.165, 1.54) is 61.9 Å². The summed E-state index contributed by atoms with van der Waals surface area (Å²) in [6, 6.07) is 14.1. The van der Waals surface area contributed by atoms with E-state index in [1.807, 2.05) is 22.7 Å². The highest BCUT2D eigenvalue weighted by atomic mass is 32.1. The Labute approximate surface area is 272 Å². The first-order valence-electron chi connectivity index (χ1n) is 16.4. The zero-order chi connectivity index (χ0) is 31.2. The van der Waals surface area contributed by atoms with E-state index in [0.717, 1.165) is 37.1 Å². The molecule has 0 bridgehead atoms. The molecule has 1 saturated heterocycles. The number of thiazole rings is 2. The summed E-state index contributed by atoms with van der Waals surface area (Å²) >= 11 is 3.66. The van der Waals surface area contributed by atoms with Crippen molar-refractivity contribution in [2.75, 3.05) is 40.8 Å². The Balaban J connectivity index is 1.05. The number of aliphatic imine (C=N–C) groups is 1. The highest BCUT2D eigenvalue weighted by Gasteiger charge is 2.31. The molecule has 2 aliphatic rings. The summed E-state index contributed by atoms with van der Waals surface area (Å²) in [6.45, 7) is 14.5. The van der Waals surface area contributed by atoms with Gasteiger partial charge in [0.25, 0.3) is 0 Å². The first-order valence-corrected chi connectivity index (χ1v) is 18.0. The molecule has 236 valence electrons. The van der Waals surface area contributed by atoms with E-state index in [4.69, 9.17) is 15.0 Å². The van der Waals surface area contributed by atoms with Crippen LogP contribution in [0.3, 0.4) is 0 Å². The summed E-state index contributed by atoms with van der Waals surface area (Å²) in [6.07, 6.45) is 5.93. The van der Waals surface area contributed by atoms with Crippen molar-refractivity contribution < 1.29 is 0 Å². The third-order valence-corrected chi connectivity index (χ3v) is 13.2. The molecule has 2 aromatic heterocycles. The predicted octanol–water partition coefficient (Wildman–Crippen LogP) is 8.22. The van der Waals surface area contributed by atoms with E-state index in [2.05, 4.69) is 107 Å². The molecule has 6 rings (SSSR count). The van der Waals surface area contributed by atoms with Crippen molar-refractivity contribution in [2.24, 2.45) is 16.8 Å². The SMILES string of the molecule is C[C@H]1CCC(c2ccc3sc(C(C)(C)N(C)CC[C@H]4CC[C@H](c5ccc6sc(C(C)(C)N(C)C)nc6c5)NC4)nc3c2)=NC1. The van der Waals surface area contributed by atoms with Gasteiger partial charge < -0.3 is 5.32 Å². The number of nitrogens with zero attached hydrogens (tertiary/aromatic N) is 5. The number of benzene rings is 2. The van der Waals surface area contributed by atoms with Gasteiger partial charge in [0.15, 0.2) is 0 Å². The van der Waals surface area contributed by atoms with Crippen LogP contribution in [0.25, 0.3) is 20.4 Å². The normalized spacial score (nSPS) is 22.0. The molecular weight excluding hydrogens is 581 g/mol. The Hall–Kier alpha value is -2.23. The van der Waals surface area contributed by atoms with Crippen molar-refractivity contribution in [3.63, 3.8) is 0 Å². The monoisotopic (exact) mass is 630 g/mol. The van der Waals surface area contributed by atoms with Crippen LogP contribution in [0.15, 0.2) is 41.4 Å². The van der Waals surface area contributed by atoms with Crippen LogP contribution in [0.5, 0.6) is 0 Å². The van der Waals surface area contributed by atoms with Gasteiger partial charge in [0.1, 0.15) is 10.0 Å². The molecule has 2 aliphatic heterocycles. The molecular formula is C36H50N6S2. The second-order valence-electron chi connectivity index (χ2n) is 14.5. The van der Waals surface area contributed by atoms with E-state index in [0.29, 0.717) is 17.9 Å². The summed E-state index contributed by atoms with van der Waals surface area (Å²) < 4.78 is 2.55. The third-order valence-electron chi connectivity index (χ3n) is 10.5. The Morgan fingerprint density at radius 3 is 2.18 bits per heavy atom. The molecule has 1 N–H and O–H groups in total. The zero-order valence-corrected chi connectivity index (χ0v) is 29.5. The second kappa shape index (κ2) is 12.5. The van der Waals surface area contributed by atoms with E-state index in [1.54, 1.807) is 0 Å². The van der Waals surface area contributed by atoms with Crippen LogP contribution in [0.4, 0.5) is 0 Å². The van der Waals surface area contributed by atoms with Gasteiger partial charge in [0.05, 0.1) is 31.5 Å². The summed E-state index contributed by atoms with van der Waals surface area (Å²) in [5, 5.41) is 6.26. The van der Waals surface area contributed by atoms with E-state index >= 15 is 0 Å². The number of nitrogens with one attached hydrogen (secondary N) is 1. The van der Waals surface area contributed by atoms with Gasteiger partial charge >= 0.3 is 0 Å². The average molecular weight is 631 g/mol. The molecule has 0 amide bonds. The van der Waals surface area contributed by atoms with Crippen LogP contribution in [0, 0.1) is 11.8 Å². The fourth-order valence-electron chi connectivity index (χ4n) is 6.30. The molecule has 44 heavy (non-hydrogen) atoms. The number of hydrogen-bond acceptors (Lipinski definition) is 8. The second-order valence-corrected chi connectivity index (χ2v) is 16.6. The topological polar surface area (TPSA) is 56.6 Å². The average Bonchev–Trinajstić information content (AvgIpc) is 3.65. The number of aromatic nitrogens is 2. The molecule has 1 fully saturated rings. The van der Waals surface area contributed by atoms with Crippen LogP contribution >= 0.6 is 22.7 Å². The third kappa shape index (κ3) is 6.38. The van der Waals surface area contributed by atoms with Gasteiger partial charge in [0, 0.05) is 18.3 Å². The van der Waals surface area contributed by atoms with Gasteiger partial charge in [-0.15, -0.1) is 22.7 Å². The smallest absolute Gasteiger partial charge is 0.114 e. The molecule has 3 atom stereocenters. The van der Waals surface area contributed by atoms with Crippen molar-refractivity contribution in [1.29, 1.82) is 0 Å². The highest BCUT2D eigenvalue weighted by Crippen LogP contribution is 2.37. The lowest BCUT2D eigenvalue weighted by Crippen LogP contribution is -2.41. The first-order chi connectivity index (χ1) is 20.9. The molecule has 6 nitrogen and oxygen atoms in total. The highest BCUT2D eigenvalue weighted by molar-refractivity contribution is 7.19. The fraction of sp³-hybridized carbons (Fsp3) is 0.583. The predicted molar refractivity (Wildman–Crippen MR) is 189 cm³/mol. The summed E-state index contributed by atoms with van der Waals surface area (Å²) in [5.74, 6) is 1.39. The van der Waals surface area contributed by atoms with Crippen LogP contribution in [-0.2, 0) is 11.1 Å². The Morgan fingerprint density at radius 1 is 0.864 bits per heavy atom. The van der Waals surface area contributed by atoms with E-state index in [-0.39, 0.29) is 11.1 Å². The molecule has 0 spiro atoms. The van der Waals surface area contributed by atoms with Gasteiger partial charge in [-0.05, 0) is 141 Å². The number of piperidine rings is 1. The van der Waals surface area contributed by atoms with Crippen LogP contribution < -0.4 is 5.32 Å². The molecule has 2 aromatic carbocycles. The van der Waals surface area contributed by atoms with Crippen molar-refractivity contribution >= 4 is 48.8 Å². The minimum absolute atomic E-state index is 0.0677. The Bertz CT molecular complexity index is 1640. The molecule has 0 unspecified atom stereocenters. The molecule has 0 aliphatic carbocycles. The molecule has 4 heterocycles. The maximum atomic E-state index is 5.16. The first kappa shape index (κ1) is 31.7. The van der Waals surface area contributed by atoms with Gasteiger partial charge in [-0.1, -0.05) is 19.1 Å². The number of hydrogen-bond donors (Lipinski definition) is 1. The lowest BCUT2D eigenvalue weighted by molar-refractivity contribution is 0.139. The van der Waals surface area contributed by atoms with Gasteiger partial charge in [-0.25, -0.2) is 9.97 Å². The summed E-state index contributed by atoms with van der Waals surface area (Å²) in [7, 11) is 6.52. The number of fused-ring (bicyclic) bond motifs is 2. The van der Waals surface area contributed by atoms with Crippen LogP contribution in [0.2, 0.25) is 0 Å². The summed E-state index contributed by atoms with van der Waals surface area (Å²) in [5.41, 5.74) is 5.94.